The van der Waals surface area contributed by atoms with Crippen LogP contribution in [0.25, 0.3) is 0 Å². The van der Waals surface area contributed by atoms with Crippen molar-refractivity contribution in [3.63, 3.8) is 0 Å². The number of carbonyl (C=O) groups excluding carboxylic acids is 2. The van der Waals surface area contributed by atoms with Gasteiger partial charge in [-0.1, -0.05) is 75.7 Å². The van der Waals surface area contributed by atoms with Crippen LogP contribution in [0.15, 0.2) is 48.5 Å². The van der Waals surface area contributed by atoms with Crippen LogP contribution in [0.4, 0.5) is 0 Å². The third-order valence-electron chi connectivity index (χ3n) is 5.93. The van der Waals surface area contributed by atoms with Crippen LogP contribution >= 0.6 is 11.6 Å². The minimum atomic E-state index is -0.504. The maximum absolute atomic E-state index is 13.3. The Kier molecular flexibility index (Phi) is 10.2. The molecule has 0 aromatic heterocycles. The number of benzene rings is 2. The van der Waals surface area contributed by atoms with E-state index < -0.39 is 6.04 Å². The van der Waals surface area contributed by atoms with Gasteiger partial charge < -0.3 is 10.2 Å². The third-order valence-corrected chi connectivity index (χ3v) is 6.18. The van der Waals surface area contributed by atoms with Crippen molar-refractivity contribution in [3.8, 4) is 0 Å². The molecule has 5 heteroatoms. The number of hydrogen-bond donors (Lipinski definition) is 1. The Morgan fingerprint density at radius 1 is 0.906 bits per heavy atom. The topological polar surface area (TPSA) is 49.4 Å². The van der Waals surface area contributed by atoms with Gasteiger partial charge in [0.05, 0.1) is 0 Å². The van der Waals surface area contributed by atoms with Crippen LogP contribution in [-0.4, -0.2) is 28.8 Å². The Morgan fingerprint density at radius 3 is 2.03 bits per heavy atom. The molecule has 0 saturated carbocycles. The molecule has 2 amide bonds. The molecule has 0 bridgehead atoms. The van der Waals surface area contributed by atoms with Crippen molar-refractivity contribution in [2.24, 2.45) is 0 Å². The minimum absolute atomic E-state index is 0.0148. The Balaban J connectivity index is 2.18. The number of aryl methyl sites for hydroxylation is 1. The fourth-order valence-corrected chi connectivity index (χ4v) is 3.74. The van der Waals surface area contributed by atoms with Gasteiger partial charge in [0.1, 0.15) is 6.04 Å². The number of amides is 2. The first-order valence-electron chi connectivity index (χ1n) is 11.7. The Bertz CT molecular complexity index is 862. The number of halogens is 1. The molecule has 1 N–H and O–H groups in total. The zero-order valence-electron chi connectivity index (χ0n) is 20.0. The molecule has 2 aromatic rings. The van der Waals surface area contributed by atoms with Crippen molar-refractivity contribution in [2.45, 2.75) is 84.8 Å². The molecule has 0 fully saturated rings. The van der Waals surface area contributed by atoms with E-state index in [1.54, 1.807) is 4.90 Å². The van der Waals surface area contributed by atoms with E-state index in [0.29, 0.717) is 36.7 Å². The molecule has 0 unspecified atom stereocenters. The fourth-order valence-electron chi connectivity index (χ4n) is 3.61. The normalized spacial score (nSPS) is 13.0. The summed E-state index contributed by atoms with van der Waals surface area (Å²) >= 11 is 6.03. The number of carbonyl (C=O) groups is 2. The van der Waals surface area contributed by atoms with Gasteiger partial charge in [-0.2, -0.15) is 0 Å². The maximum atomic E-state index is 13.3. The largest absolute Gasteiger partial charge is 0.352 e. The first kappa shape index (κ1) is 25.9. The van der Waals surface area contributed by atoms with Gasteiger partial charge in [0.25, 0.3) is 0 Å². The van der Waals surface area contributed by atoms with Crippen LogP contribution in [0, 0.1) is 0 Å². The van der Waals surface area contributed by atoms with Crippen molar-refractivity contribution in [3.05, 3.63) is 70.2 Å². The zero-order valence-corrected chi connectivity index (χ0v) is 20.8. The summed E-state index contributed by atoms with van der Waals surface area (Å²) in [5, 5.41) is 3.70. The predicted octanol–water partition coefficient (Wildman–Crippen LogP) is 6.12. The lowest BCUT2D eigenvalue weighted by molar-refractivity contribution is -0.141. The quantitative estimate of drug-likeness (QED) is 0.443. The molecule has 32 heavy (non-hydrogen) atoms. The van der Waals surface area contributed by atoms with E-state index in [1.807, 2.05) is 45.0 Å². The highest BCUT2D eigenvalue weighted by Crippen LogP contribution is 2.19. The number of rotatable bonds is 11. The summed E-state index contributed by atoms with van der Waals surface area (Å²) in [5.74, 6) is 0.374. The summed E-state index contributed by atoms with van der Waals surface area (Å²) in [7, 11) is 0. The van der Waals surface area contributed by atoms with Gasteiger partial charge in [-0.05, 0) is 60.9 Å². The molecule has 174 valence electrons. The Hall–Kier alpha value is -2.33. The van der Waals surface area contributed by atoms with Crippen LogP contribution in [0.3, 0.4) is 0 Å². The van der Waals surface area contributed by atoms with Crippen LogP contribution in [0.5, 0.6) is 0 Å². The van der Waals surface area contributed by atoms with Crippen LogP contribution in [-0.2, 0) is 22.6 Å². The molecule has 0 aliphatic heterocycles. The molecule has 0 heterocycles. The number of nitrogens with zero attached hydrogens (tertiary/aromatic N) is 1. The van der Waals surface area contributed by atoms with Crippen molar-refractivity contribution in [1.29, 1.82) is 0 Å². The lowest BCUT2D eigenvalue weighted by Crippen LogP contribution is -2.50. The molecule has 0 spiro atoms. The van der Waals surface area contributed by atoms with E-state index in [0.717, 1.165) is 17.5 Å². The standard InChI is InChI=1S/C27H37ClN2O2/c1-6-20(5)29-27(32)25(7-2)30(18-22-10-15-24(28)16-11-22)26(31)17-12-21-8-13-23(14-9-21)19(3)4/h8-11,13-16,19-20,25H,6-7,12,17-18H2,1-5H3,(H,29,32)/t20-,25-/m1/s1. The van der Waals surface area contributed by atoms with E-state index in [-0.39, 0.29) is 17.9 Å². The molecule has 0 radical (unpaired) electrons. The van der Waals surface area contributed by atoms with Gasteiger partial charge in [0.2, 0.25) is 11.8 Å². The summed E-state index contributed by atoms with van der Waals surface area (Å²) in [6, 6.07) is 15.5. The van der Waals surface area contributed by atoms with E-state index in [4.69, 9.17) is 11.6 Å². The average molecular weight is 457 g/mol. The second-order valence-electron chi connectivity index (χ2n) is 8.79. The molecule has 2 atom stereocenters. The second-order valence-corrected chi connectivity index (χ2v) is 9.22. The maximum Gasteiger partial charge on any atom is 0.243 e. The first-order chi connectivity index (χ1) is 15.2. The van der Waals surface area contributed by atoms with Crippen molar-refractivity contribution in [2.75, 3.05) is 0 Å². The van der Waals surface area contributed by atoms with Gasteiger partial charge >= 0.3 is 0 Å². The van der Waals surface area contributed by atoms with E-state index in [1.165, 1.54) is 5.56 Å². The molecule has 0 aliphatic rings. The second kappa shape index (κ2) is 12.6. The highest BCUT2D eigenvalue weighted by molar-refractivity contribution is 6.30. The van der Waals surface area contributed by atoms with E-state index in [2.05, 4.69) is 43.4 Å². The van der Waals surface area contributed by atoms with Gasteiger partial charge in [-0.3, -0.25) is 9.59 Å². The van der Waals surface area contributed by atoms with Crippen molar-refractivity contribution < 1.29 is 9.59 Å². The molecular formula is C27H37ClN2O2. The van der Waals surface area contributed by atoms with Gasteiger partial charge in [-0.15, -0.1) is 0 Å². The first-order valence-corrected chi connectivity index (χ1v) is 12.1. The summed E-state index contributed by atoms with van der Waals surface area (Å²) in [4.78, 5) is 28.1. The van der Waals surface area contributed by atoms with Crippen LogP contribution < -0.4 is 5.32 Å². The summed E-state index contributed by atoms with van der Waals surface area (Å²) in [6.07, 6.45) is 2.42. The molecular weight excluding hydrogens is 420 g/mol. The Labute approximate surface area is 198 Å². The third kappa shape index (κ3) is 7.67. The Morgan fingerprint density at radius 2 is 1.50 bits per heavy atom. The molecule has 2 aromatic carbocycles. The SMILES string of the molecule is CC[C@@H](C)NC(=O)[C@@H](CC)N(Cc1ccc(Cl)cc1)C(=O)CCc1ccc(C(C)C)cc1. The van der Waals surface area contributed by atoms with Crippen LogP contribution in [0.2, 0.25) is 5.02 Å². The monoisotopic (exact) mass is 456 g/mol. The average Bonchev–Trinajstić information content (AvgIpc) is 2.78. The highest BCUT2D eigenvalue weighted by Gasteiger charge is 2.29. The molecule has 0 saturated heterocycles. The van der Waals surface area contributed by atoms with Crippen molar-refractivity contribution >= 4 is 23.4 Å². The fraction of sp³-hybridized carbons (Fsp3) is 0.481. The predicted molar refractivity (Wildman–Crippen MR) is 133 cm³/mol. The van der Waals surface area contributed by atoms with E-state index in [9.17, 15) is 9.59 Å². The summed E-state index contributed by atoms with van der Waals surface area (Å²) in [5.41, 5.74) is 3.38. The number of nitrogens with one attached hydrogen (secondary N) is 1. The zero-order chi connectivity index (χ0) is 23.7. The smallest absolute Gasteiger partial charge is 0.243 e. The molecule has 4 nitrogen and oxygen atoms in total. The summed E-state index contributed by atoms with van der Waals surface area (Å²) in [6.45, 7) is 10.7. The molecule has 0 aliphatic carbocycles. The van der Waals surface area contributed by atoms with E-state index >= 15 is 0 Å². The van der Waals surface area contributed by atoms with Crippen LogP contribution in [0.1, 0.15) is 76.5 Å². The van der Waals surface area contributed by atoms with Gasteiger partial charge in [-0.25, -0.2) is 0 Å². The van der Waals surface area contributed by atoms with Crippen molar-refractivity contribution in [1.82, 2.24) is 10.2 Å². The van der Waals surface area contributed by atoms with Gasteiger partial charge in [0.15, 0.2) is 0 Å². The van der Waals surface area contributed by atoms with Gasteiger partial charge in [0, 0.05) is 24.0 Å². The molecule has 2 rings (SSSR count). The minimum Gasteiger partial charge on any atom is -0.352 e. The highest BCUT2D eigenvalue weighted by atomic mass is 35.5. The lowest BCUT2D eigenvalue weighted by atomic mass is 10.00. The number of hydrogen-bond acceptors (Lipinski definition) is 2. The summed E-state index contributed by atoms with van der Waals surface area (Å²) < 4.78 is 0. The lowest BCUT2D eigenvalue weighted by Gasteiger charge is -2.31.